The van der Waals surface area contributed by atoms with Crippen molar-refractivity contribution in [1.29, 1.82) is 0 Å². The third-order valence-corrected chi connectivity index (χ3v) is 6.89. The fourth-order valence-corrected chi connectivity index (χ4v) is 4.83. The quantitative estimate of drug-likeness (QED) is 0.549. The Kier molecular flexibility index (Phi) is 7.47. The fourth-order valence-electron chi connectivity index (χ4n) is 3.37. The normalized spacial score (nSPS) is 11.2. The van der Waals surface area contributed by atoms with E-state index in [4.69, 9.17) is 0 Å². The topological polar surface area (TPSA) is 66.5 Å². The monoisotopic (exact) mass is 436 g/mol. The van der Waals surface area contributed by atoms with Crippen molar-refractivity contribution >= 4 is 21.6 Å². The minimum Gasteiger partial charge on any atom is -0.354 e. The second kappa shape index (κ2) is 10.3. The summed E-state index contributed by atoms with van der Waals surface area (Å²) in [5.74, 6) is -0.336. The highest BCUT2D eigenvalue weighted by atomic mass is 32.2. The van der Waals surface area contributed by atoms with Crippen LogP contribution in [0.25, 0.3) is 0 Å². The second-order valence-electron chi connectivity index (χ2n) is 7.39. The highest BCUT2D eigenvalue weighted by molar-refractivity contribution is 7.92. The highest BCUT2D eigenvalue weighted by Crippen LogP contribution is 2.27. The lowest BCUT2D eigenvalue weighted by Crippen LogP contribution is -2.41. The average molecular weight is 437 g/mol. The van der Waals surface area contributed by atoms with Crippen molar-refractivity contribution < 1.29 is 13.2 Å². The van der Waals surface area contributed by atoms with Gasteiger partial charge in [0.15, 0.2) is 0 Å². The van der Waals surface area contributed by atoms with Crippen molar-refractivity contribution in [2.45, 2.75) is 31.6 Å². The number of amides is 1. The minimum absolute atomic E-state index is 0.168. The molecule has 0 atom stereocenters. The van der Waals surface area contributed by atoms with Crippen LogP contribution in [0.4, 0.5) is 5.69 Å². The lowest BCUT2D eigenvalue weighted by atomic mass is 10.1. The number of aryl methyl sites for hydroxylation is 2. The lowest BCUT2D eigenvalue weighted by Gasteiger charge is -2.26. The fraction of sp³-hybridized carbons (Fsp3) is 0.240. The highest BCUT2D eigenvalue weighted by Gasteiger charge is 2.28. The van der Waals surface area contributed by atoms with E-state index in [0.29, 0.717) is 25.1 Å². The summed E-state index contributed by atoms with van der Waals surface area (Å²) in [5.41, 5.74) is 3.49. The Morgan fingerprint density at radius 1 is 0.903 bits per heavy atom. The van der Waals surface area contributed by atoms with Gasteiger partial charge in [-0.2, -0.15) is 0 Å². The van der Waals surface area contributed by atoms with Crippen molar-refractivity contribution in [2.24, 2.45) is 0 Å². The number of carbonyl (C=O) groups excluding carboxylic acids is 1. The van der Waals surface area contributed by atoms with E-state index in [1.165, 1.54) is 4.31 Å². The van der Waals surface area contributed by atoms with Gasteiger partial charge < -0.3 is 5.32 Å². The molecule has 1 amide bonds. The molecule has 0 saturated heterocycles. The number of benzene rings is 3. The number of hydrogen-bond acceptors (Lipinski definition) is 3. The number of hydrogen-bond donors (Lipinski definition) is 1. The third kappa shape index (κ3) is 5.73. The van der Waals surface area contributed by atoms with Crippen LogP contribution in [0.3, 0.4) is 0 Å². The zero-order chi connectivity index (χ0) is 22.3. The van der Waals surface area contributed by atoms with Crippen LogP contribution in [-0.4, -0.2) is 27.4 Å². The average Bonchev–Trinajstić information content (AvgIpc) is 2.78. The van der Waals surface area contributed by atoms with Gasteiger partial charge >= 0.3 is 0 Å². The Balaban J connectivity index is 1.84. The summed E-state index contributed by atoms with van der Waals surface area (Å²) in [6.45, 7) is 4.04. The largest absolute Gasteiger partial charge is 0.354 e. The smallest absolute Gasteiger partial charge is 0.264 e. The summed E-state index contributed by atoms with van der Waals surface area (Å²) in [4.78, 5) is 12.9. The molecule has 0 aliphatic heterocycles. The van der Waals surface area contributed by atoms with Crippen molar-refractivity contribution in [3.8, 4) is 0 Å². The molecule has 3 aromatic carbocycles. The van der Waals surface area contributed by atoms with Crippen LogP contribution >= 0.6 is 0 Å². The van der Waals surface area contributed by atoms with Gasteiger partial charge in [0.25, 0.3) is 10.0 Å². The van der Waals surface area contributed by atoms with Crippen LogP contribution in [-0.2, 0) is 27.7 Å². The first-order chi connectivity index (χ1) is 14.9. The van der Waals surface area contributed by atoms with Gasteiger partial charge in [0.1, 0.15) is 6.54 Å². The maximum Gasteiger partial charge on any atom is 0.264 e. The van der Waals surface area contributed by atoms with Crippen LogP contribution in [0.15, 0.2) is 83.8 Å². The van der Waals surface area contributed by atoms with Gasteiger partial charge in [-0.3, -0.25) is 9.10 Å². The van der Waals surface area contributed by atoms with Crippen LogP contribution < -0.4 is 9.62 Å². The molecular weight excluding hydrogens is 408 g/mol. The lowest BCUT2D eigenvalue weighted by molar-refractivity contribution is -0.119. The summed E-state index contributed by atoms with van der Waals surface area (Å²) < 4.78 is 28.2. The van der Waals surface area contributed by atoms with Gasteiger partial charge in [-0.05, 0) is 49.1 Å². The molecule has 3 rings (SSSR count). The summed E-state index contributed by atoms with van der Waals surface area (Å²) in [5, 5.41) is 2.86. The first kappa shape index (κ1) is 22.6. The third-order valence-electron chi connectivity index (χ3n) is 5.12. The van der Waals surface area contributed by atoms with Crippen LogP contribution in [0.1, 0.15) is 23.6 Å². The SMILES string of the molecule is CCc1ccccc1N(CC(=O)NCCc1ccccc1)S(=O)(=O)c1ccc(C)cc1. The number of nitrogens with one attached hydrogen (secondary N) is 1. The van der Waals surface area contributed by atoms with Crippen LogP contribution in [0, 0.1) is 6.92 Å². The summed E-state index contributed by atoms with van der Waals surface area (Å²) in [6, 6.07) is 23.8. The van der Waals surface area contributed by atoms with E-state index in [0.717, 1.165) is 16.7 Å². The van der Waals surface area contributed by atoms with Gasteiger partial charge in [0.2, 0.25) is 5.91 Å². The summed E-state index contributed by atoms with van der Waals surface area (Å²) >= 11 is 0. The molecule has 5 nitrogen and oxygen atoms in total. The molecule has 162 valence electrons. The predicted octanol–water partition coefficient (Wildman–Crippen LogP) is 4.11. The van der Waals surface area contributed by atoms with E-state index < -0.39 is 10.0 Å². The van der Waals surface area contributed by atoms with Gasteiger partial charge in [-0.1, -0.05) is 73.2 Å². The van der Waals surface area contributed by atoms with E-state index in [1.54, 1.807) is 36.4 Å². The molecule has 0 heterocycles. The van der Waals surface area contributed by atoms with Gasteiger partial charge in [0, 0.05) is 6.54 Å². The molecule has 31 heavy (non-hydrogen) atoms. The molecule has 1 N–H and O–H groups in total. The maximum absolute atomic E-state index is 13.5. The maximum atomic E-state index is 13.5. The van der Waals surface area contributed by atoms with Crippen molar-refractivity contribution in [2.75, 3.05) is 17.4 Å². The molecule has 6 heteroatoms. The van der Waals surface area contributed by atoms with E-state index in [1.807, 2.05) is 56.3 Å². The molecule has 0 saturated carbocycles. The minimum atomic E-state index is -3.90. The molecule has 0 unspecified atom stereocenters. The van der Waals surface area contributed by atoms with Gasteiger partial charge in [-0.15, -0.1) is 0 Å². The van der Waals surface area contributed by atoms with Gasteiger partial charge in [0.05, 0.1) is 10.6 Å². The molecule has 0 fully saturated rings. The van der Waals surface area contributed by atoms with Crippen LogP contribution in [0.5, 0.6) is 0 Å². The predicted molar refractivity (Wildman–Crippen MR) is 125 cm³/mol. The number of carbonyl (C=O) groups is 1. The van der Waals surface area contributed by atoms with E-state index in [2.05, 4.69) is 5.32 Å². The first-order valence-corrected chi connectivity index (χ1v) is 11.8. The summed E-state index contributed by atoms with van der Waals surface area (Å²) in [6.07, 6.45) is 1.34. The standard InChI is InChI=1S/C25H28N2O3S/c1-3-22-11-7-8-12-24(22)27(31(29,30)23-15-13-20(2)14-16-23)19-25(28)26-18-17-21-9-5-4-6-10-21/h4-16H,3,17-19H2,1-2H3,(H,26,28). The Morgan fingerprint density at radius 3 is 2.23 bits per heavy atom. The Labute approximate surface area is 184 Å². The number of nitrogens with zero attached hydrogens (tertiary/aromatic N) is 1. The molecular formula is C25H28N2O3S. The molecule has 0 aliphatic carbocycles. The molecule has 0 aromatic heterocycles. The number of anilines is 1. The number of rotatable bonds is 9. The first-order valence-electron chi connectivity index (χ1n) is 10.4. The Bertz CT molecular complexity index is 1110. The van der Waals surface area contributed by atoms with Gasteiger partial charge in [-0.25, -0.2) is 8.42 Å². The molecule has 3 aromatic rings. The number of para-hydroxylation sites is 1. The second-order valence-corrected chi connectivity index (χ2v) is 9.25. The number of sulfonamides is 1. The molecule has 0 aliphatic rings. The Morgan fingerprint density at radius 2 is 1.55 bits per heavy atom. The van der Waals surface area contributed by atoms with Crippen molar-refractivity contribution in [1.82, 2.24) is 5.32 Å². The molecule has 0 bridgehead atoms. The van der Waals surface area contributed by atoms with E-state index in [-0.39, 0.29) is 17.3 Å². The van der Waals surface area contributed by atoms with Crippen LogP contribution in [0.2, 0.25) is 0 Å². The van der Waals surface area contributed by atoms with E-state index in [9.17, 15) is 13.2 Å². The zero-order valence-electron chi connectivity index (χ0n) is 17.9. The Hall–Kier alpha value is -3.12. The molecule has 0 radical (unpaired) electrons. The van der Waals surface area contributed by atoms with Crippen molar-refractivity contribution in [3.05, 3.63) is 95.6 Å². The molecule has 0 spiro atoms. The van der Waals surface area contributed by atoms with E-state index >= 15 is 0 Å². The summed E-state index contributed by atoms with van der Waals surface area (Å²) in [7, 11) is -3.90. The zero-order valence-corrected chi connectivity index (χ0v) is 18.7. The van der Waals surface area contributed by atoms with Crippen molar-refractivity contribution in [3.63, 3.8) is 0 Å².